The summed E-state index contributed by atoms with van der Waals surface area (Å²) in [7, 11) is 3.29. The number of ether oxygens (including phenoxy) is 2. The van der Waals surface area contributed by atoms with Gasteiger partial charge in [0.2, 0.25) is 0 Å². The Hall–Kier alpha value is -2.55. The summed E-state index contributed by atoms with van der Waals surface area (Å²) in [4.78, 5) is 4.45. The predicted molar refractivity (Wildman–Crippen MR) is 88.8 cm³/mol. The molecule has 0 saturated heterocycles. The van der Waals surface area contributed by atoms with Gasteiger partial charge in [0.25, 0.3) is 0 Å². The molecule has 22 heavy (non-hydrogen) atoms. The van der Waals surface area contributed by atoms with Crippen LogP contribution in [0.1, 0.15) is 16.7 Å². The van der Waals surface area contributed by atoms with Crippen molar-refractivity contribution < 1.29 is 9.47 Å². The number of aromatic nitrogens is 1. The average Bonchev–Trinajstić information content (AvgIpc) is 2.56. The first kappa shape index (κ1) is 14.4. The van der Waals surface area contributed by atoms with Crippen LogP contribution >= 0.6 is 0 Å². The van der Waals surface area contributed by atoms with Crippen LogP contribution in [0.4, 0.5) is 0 Å². The van der Waals surface area contributed by atoms with Crippen molar-refractivity contribution in [3.8, 4) is 11.5 Å². The summed E-state index contributed by atoms with van der Waals surface area (Å²) in [6.07, 6.45) is 2.71. The van der Waals surface area contributed by atoms with Crippen molar-refractivity contribution in [1.29, 1.82) is 0 Å². The third-order valence-electron chi connectivity index (χ3n) is 3.85. The van der Waals surface area contributed by atoms with Gasteiger partial charge in [-0.25, -0.2) is 0 Å². The molecule has 0 fully saturated rings. The van der Waals surface area contributed by atoms with E-state index in [1.165, 1.54) is 16.7 Å². The van der Waals surface area contributed by atoms with E-state index < -0.39 is 0 Å². The van der Waals surface area contributed by atoms with Crippen molar-refractivity contribution in [2.75, 3.05) is 14.2 Å². The molecule has 0 radical (unpaired) electrons. The smallest absolute Gasteiger partial charge is 0.162 e. The lowest BCUT2D eigenvalue weighted by atomic mass is 10.00. The fourth-order valence-corrected chi connectivity index (χ4v) is 2.61. The van der Waals surface area contributed by atoms with Crippen LogP contribution in [0.2, 0.25) is 0 Å². The summed E-state index contributed by atoms with van der Waals surface area (Å²) < 4.78 is 10.8. The Balaban J connectivity index is 2.07. The second kappa shape index (κ2) is 6.06. The Morgan fingerprint density at radius 3 is 2.27 bits per heavy atom. The minimum atomic E-state index is 0.704. The van der Waals surface area contributed by atoms with Crippen LogP contribution in [0, 0.1) is 6.92 Å². The molecule has 0 N–H and O–H groups in total. The van der Waals surface area contributed by atoms with Gasteiger partial charge in [0, 0.05) is 17.6 Å². The number of benzene rings is 2. The molecule has 3 nitrogen and oxygen atoms in total. The summed E-state index contributed by atoms with van der Waals surface area (Å²) in [5.74, 6) is 1.43. The molecule has 3 rings (SSSR count). The SMILES string of the molecule is COc1cc2nccc(Cc3ccc(C)cc3)c2cc1OC. The Bertz CT molecular complexity index is 794. The number of nitrogens with zero attached hydrogens (tertiary/aromatic N) is 1. The molecule has 0 amide bonds. The largest absolute Gasteiger partial charge is 0.493 e. The third-order valence-corrected chi connectivity index (χ3v) is 3.85. The fraction of sp³-hybridized carbons (Fsp3) is 0.211. The predicted octanol–water partition coefficient (Wildman–Crippen LogP) is 4.15. The summed E-state index contributed by atoms with van der Waals surface area (Å²) in [5, 5.41) is 1.10. The van der Waals surface area contributed by atoms with E-state index >= 15 is 0 Å². The van der Waals surface area contributed by atoms with Crippen LogP contribution in [-0.2, 0) is 6.42 Å². The molecule has 1 heterocycles. The zero-order valence-corrected chi connectivity index (χ0v) is 13.1. The molecule has 0 atom stereocenters. The van der Waals surface area contributed by atoms with Gasteiger partial charge in [-0.05, 0) is 36.6 Å². The first-order chi connectivity index (χ1) is 10.7. The molecule has 0 aliphatic rings. The third kappa shape index (κ3) is 2.75. The Labute approximate surface area is 130 Å². The Morgan fingerprint density at radius 1 is 0.909 bits per heavy atom. The van der Waals surface area contributed by atoms with Crippen molar-refractivity contribution in [2.45, 2.75) is 13.3 Å². The van der Waals surface area contributed by atoms with Gasteiger partial charge in [-0.1, -0.05) is 29.8 Å². The van der Waals surface area contributed by atoms with Crippen LogP contribution in [0.5, 0.6) is 11.5 Å². The number of fused-ring (bicyclic) bond motifs is 1. The maximum absolute atomic E-state index is 5.41. The molecule has 0 unspecified atom stereocenters. The zero-order chi connectivity index (χ0) is 15.5. The maximum Gasteiger partial charge on any atom is 0.162 e. The number of hydrogen-bond donors (Lipinski definition) is 0. The minimum absolute atomic E-state index is 0.704. The van der Waals surface area contributed by atoms with E-state index in [0.29, 0.717) is 5.75 Å². The van der Waals surface area contributed by atoms with Gasteiger partial charge in [-0.2, -0.15) is 0 Å². The van der Waals surface area contributed by atoms with Crippen LogP contribution < -0.4 is 9.47 Å². The standard InChI is InChI=1S/C19H19NO2/c1-13-4-6-14(7-5-13)10-15-8-9-20-17-12-19(22-3)18(21-2)11-16(15)17/h4-9,11-12H,10H2,1-3H3. The van der Waals surface area contributed by atoms with Crippen molar-refractivity contribution in [3.63, 3.8) is 0 Å². The Kier molecular flexibility index (Phi) is 3.96. The van der Waals surface area contributed by atoms with E-state index in [0.717, 1.165) is 23.1 Å². The lowest BCUT2D eigenvalue weighted by Gasteiger charge is -2.11. The number of methoxy groups -OCH3 is 2. The van der Waals surface area contributed by atoms with Crippen molar-refractivity contribution >= 4 is 10.9 Å². The van der Waals surface area contributed by atoms with Gasteiger partial charge in [0.05, 0.1) is 19.7 Å². The molecule has 0 saturated carbocycles. The van der Waals surface area contributed by atoms with E-state index in [2.05, 4.69) is 42.2 Å². The molecule has 3 heteroatoms. The highest BCUT2D eigenvalue weighted by Gasteiger charge is 2.10. The Morgan fingerprint density at radius 2 is 1.59 bits per heavy atom. The molecule has 0 aliphatic heterocycles. The molecule has 0 spiro atoms. The maximum atomic E-state index is 5.41. The average molecular weight is 293 g/mol. The normalized spacial score (nSPS) is 10.7. The highest BCUT2D eigenvalue weighted by Crippen LogP contribution is 2.33. The quantitative estimate of drug-likeness (QED) is 0.724. The molecule has 0 aliphatic carbocycles. The topological polar surface area (TPSA) is 31.4 Å². The van der Waals surface area contributed by atoms with Gasteiger partial charge in [0.1, 0.15) is 0 Å². The molecule has 2 aromatic carbocycles. The van der Waals surface area contributed by atoms with Crippen molar-refractivity contribution in [2.24, 2.45) is 0 Å². The summed E-state index contributed by atoms with van der Waals surface area (Å²) >= 11 is 0. The zero-order valence-electron chi connectivity index (χ0n) is 13.1. The second-order valence-corrected chi connectivity index (χ2v) is 5.36. The van der Waals surface area contributed by atoms with Gasteiger partial charge >= 0.3 is 0 Å². The first-order valence-electron chi connectivity index (χ1n) is 7.26. The van der Waals surface area contributed by atoms with Crippen molar-refractivity contribution in [1.82, 2.24) is 4.98 Å². The summed E-state index contributed by atoms with van der Waals surface area (Å²) in [6.45, 7) is 2.10. The number of pyridine rings is 1. The lowest BCUT2D eigenvalue weighted by molar-refractivity contribution is 0.356. The van der Waals surface area contributed by atoms with Crippen molar-refractivity contribution in [3.05, 3.63) is 65.4 Å². The lowest BCUT2D eigenvalue weighted by Crippen LogP contribution is -1.95. The van der Waals surface area contributed by atoms with E-state index in [1.807, 2.05) is 18.3 Å². The number of rotatable bonds is 4. The first-order valence-corrected chi connectivity index (χ1v) is 7.26. The monoisotopic (exact) mass is 293 g/mol. The molecule has 112 valence electrons. The van der Waals surface area contributed by atoms with E-state index in [4.69, 9.17) is 9.47 Å². The van der Waals surface area contributed by atoms with Gasteiger partial charge < -0.3 is 9.47 Å². The number of hydrogen-bond acceptors (Lipinski definition) is 3. The van der Waals surface area contributed by atoms with E-state index in [-0.39, 0.29) is 0 Å². The van der Waals surface area contributed by atoms with Crippen LogP contribution in [0.25, 0.3) is 10.9 Å². The highest BCUT2D eigenvalue weighted by atomic mass is 16.5. The van der Waals surface area contributed by atoms with E-state index in [9.17, 15) is 0 Å². The van der Waals surface area contributed by atoms with Crippen LogP contribution in [0.3, 0.4) is 0 Å². The van der Waals surface area contributed by atoms with Gasteiger partial charge in [-0.3, -0.25) is 4.98 Å². The summed E-state index contributed by atoms with van der Waals surface area (Å²) in [5.41, 5.74) is 4.71. The molecule has 0 bridgehead atoms. The minimum Gasteiger partial charge on any atom is -0.493 e. The van der Waals surface area contributed by atoms with E-state index in [1.54, 1.807) is 14.2 Å². The molecular formula is C19H19NO2. The van der Waals surface area contributed by atoms with Crippen LogP contribution in [-0.4, -0.2) is 19.2 Å². The second-order valence-electron chi connectivity index (χ2n) is 5.36. The highest BCUT2D eigenvalue weighted by molar-refractivity contribution is 5.86. The van der Waals surface area contributed by atoms with Crippen LogP contribution in [0.15, 0.2) is 48.7 Å². The molecule has 1 aromatic heterocycles. The van der Waals surface area contributed by atoms with Gasteiger partial charge in [0.15, 0.2) is 11.5 Å². The molecular weight excluding hydrogens is 274 g/mol. The molecule has 3 aromatic rings. The summed E-state index contributed by atoms with van der Waals surface area (Å²) in [6, 6.07) is 14.6. The fourth-order valence-electron chi connectivity index (χ4n) is 2.61. The number of aryl methyl sites for hydroxylation is 1. The van der Waals surface area contributed by atoms with Gasteiger partial charge in [-0.15, -0.1) is 0 Å².